The molecule has 0 aliphatic carbocycles. The minimum absolute atomic E-state index is 0.144. The lowest BCUT2D eigenvalue weighted by Crippen LogP contribution is -1.81. The van der Waals surface area contributed by atoms with Gasteiger partial charge in [0.2, 0.25) is 0 Å². The van der Waals surface area contributed by atoms with E-state index in [1.54, 1.807) is 7.11 Å². The van der Waals surface area contributed by atoms with Crippen LogP contribution in [-0.2, 0) is 0 Å². The van der Waals surface area contributed by atoms with E-state index >= 15 is 0 Å². The van der Waals surface area contributed by atoms with E-state index in [9.17, 15) is 0 Å². The lowest BCUT2D eigenvalue weighted by Gasteiger charge is -1.98. The Labute approximate surface area is 88.4 Å². The van der Waals surface area contributed by atoms with Gasteiger partial charge < -0.3 is 4.74 Å². The molecule has 0 atom stereocenters. The Morgan fingerprint density at radius 3 is 2.50 bits per heavy atom. The minimum Gasteiger partial charge on any atom is -0.497 e. The third-order valence-corrected chi connectivity index (χ3v) is 3.05. The van der Waals surface area contributed by atoms with E-state index in [0.29, 0.717) is 0 Å². The van der Waals surface area contributed by atoms with Crippen molar-refractivity contribution in [3.05, 3.63) is 34.0 Å². The van der Waals surface area contributed by atoms with E-state index in [1.807, 2.05) is 24.3 Å². The maximum Gasteiger partial charge on any atom is 0.498 e. The molecule has 0 aromatic heterocycles. The molecule has 0 saturated heterocycles. The van der Waals surface area contributed by atoms with E-state index in [2.05, 4.69) is 23.2 Å². The second-order valence-electron chi connectivity index (χ2n) is 2.33. The van der Waals surface area contributed by atoms with Crippen LogP contribution < -0.4 is 4.74 Å². The highest BCUT2D eigenvalue weighted by molar-refractivity contribution is 9.23. The molecule has 0 aliphatic rings. The first-order valence-corrected chi connectivity index (χ1v) is 8.45. The van der Waals surface area contributed by atoms with Crippen LogP contribution >= 0.6 is 12.9 Å². The molecule has 0 aliphatic heterocycles. The summed E-state index contributed by atoms with van der Waals surface area (Å²) in [7, 11) is 1.68. The number of hydrogen-bond donors (Lipinski definition) is 0. The lowest BCUT2D eigenvalue weighted by atomic mass is 10.2. The van der Waals surface area contributed by atoms with Crippen LogP contribution in [0.1, 0.15) is 5.56 Å². The highest BCUT2D eigenvalue weighted by Gasteiger charge is 1.89. The van der Waals surface area contributed by atoms with Gasteiger partial charge in [-0.15, -0.1) is 0 Å². The van der Waals surface area contributed by atoms with Crippen molar-refractivity contribution in [3.63, 3.8) is 0 Å². The Balaban J connectivity index is 2.71. The molecule has 60 valence electrons. The second kappa shape index (κ2) is 5.62. The summed E-state index contributed by atoms with van der Waals surface area (Å²) in [6.45, 7) is 0. The van der Waals surface area contributed by atoms with Gasteiger partial charge in [-0.2, -0.15) is 4.21 Å². The summed E-state index contributed by atoms with van der Waals surface area (Å²) in [6.07, 6.45) is 2.13. The zero-order valence-corrected chi connectivity index (χ0v) is 9.96. The summed E-state index contributed by atoms with van der Waals surface area (Å²) >= 11 is 3.32. The van der Waals surface area contributed by atoms with Crippen molar-refractivity contribution < 1.29 is 4.74 Å². The number of benzene rings is 1. The molecule has 0 spiro atoms. The van der Waals surface area contributed by atoms with Gasteiger partial charge in [0.1, 0.15) is 5.75 Å². The average Bonchev–Trinajstić information content (AvgIpc) is 2.15. The highest BCUT2D eigenvalue weighted by atomic mass is 79.9. The van der Waals surface area contributed by atoms with Crippen LogP contribution in [0.15, 0.2) is 28.5 Å². The molecule has 0 bridgehead atoms. The van der Waals surface area contributed by atoms with Crippen LogP contribution in [0, 0.1) is 0 Å². The number of ether oxygens (including phenoxy) is 1. The third-order valence-electron chi connectivity index (χ3n) is 1.52. The first kappa shape index (κ1) is 10.1. The molecule has 12 heavy (non-hydrogen) atoms. The first-order valence-electron chi connectivity index (χ1n) is 3.73. The molecule has 0 saturated carbocycles. The summed E-state index contributed by atoms with van der Waals surface area (Å²) in [6, 6.07) is 8.03. The minimum atomic E-state index is -0.144. The monoisotopic (exact) mass is 236 g/mol. The molecule has 0 heterocycles. The number of rotatable bonds is 3. The molecular formula is C9H9BrMgO. The molecular weight excluding hydrogens is 228 g/mol. The topological polar surface area (TPSA) is 9.23 Å². The van der Waals surface area contributed by atoms with E-state index in [-0.39, 0.29) is 18.2 Å². The smallest absolute Gasteiger partial charge is 0.497 e. The van der Waals surface area contributed by atoms with Crippen molar-refractivity contribution in [3.8, 4) is 5.75 Å². The number of hydrogen-bond acceptors (Lipinski definition) is 1. The van der Waals surface area contributed by atoms with Gasteiger partial charge in [-0.3, -0.25) is 12.9 Å². The normalized spacial score (nSPS) is 9.83. The summed E-state index contributed by atoms with van der Waals surface area (Å²) in [5.41, 5.74) is 1.22. The molecule has 1 aromatic carbocycles. The van der Waals surface area contributed by atoms with Gasteiger partial charge in [0.15, 0.2) is 0 Å². The van der Waals surface area contributed by atoms with E-state index in [1.165, 1.54) is 5.56 Å². The fourth-order valence-electron chi connectivity index (χ4n) is 0.896. The van der Waals surface area contributed by atoms with Crippen molar-refractivity contribution in [1.29, 1.82) is 0 Å². The summed E-state index contributed by atoms with van der Waals surface area (Å²) in [5, 5.41) is 0. The maximum atomic E-state index is 5.05. The Kier molecular flexibility index (Phi) is 4.72. The van der Waals surface area contributed by atoms with Crippen LogP contribution in [0.25, 0.3) is 6.08 Å². The van der Waals surface area contributed by atoms with Crippen LogP contribution in [0.5, 0.6) is 5.75 Å². The zero-order chi connectivity index (χ0) is 8.81. The number of halogens is 1. The van der Waals surface area contributed by atoms with Gasteiger partial charge in [0, 0.05) is 0 Å². The molecule has 1 nitrogen and oxygen atoms in total. The van der Waals surface area contributed by atoms with E-state index < -0.39 is 0 Å². The Morgan fingerprint density at radius 1 is 1.33 bits per heavy atom. The standard InChI is InChI=1S/C9H9O.BrH.Mg/c1-3-8-4-6-9(10-2)7-5-8;;/h1,3-7H,2H3;1H;/q;;+1/p-1. The van der Waals surface area contributed by atoms with Crippen molar-refractivity contribution in [1.82, 2.24) is 0 Å². The average molecular weight is 237 g/mol. The van der Waals surface area contributed by atoms with Gasteiger partial charge in [0.25, 0.3) is 0 Å². The Bertz CT molecular complexity index is 256. The second-order valence-corrected chi connectivity index (χ2v) is 5.05. The molecule has 0 fully saturated rings. The van der Waals surface area contributed by atoms with E-state index in [4.69, 9.17) is 4.74 Å². The first-order chi connectivity index (χ1) is 5.86. The molecule has 0 amide bonds. The number of methoxy groups -OCH3 is 1. The van der Waals surface area contributed by atoms with Crippen LogP contribution in [0.2, 0.25) is 0 Å². The van der Waals surface area contributed by atoms with Crippen LogP contribution in [-0.4, -0.2) is 25.3 Å². The largest absolute Gasteiger partial charge is 0.498 e. The predicted octanol–water partition coefficient (Wildman–Crippen LogP) is 2.68. The van der Waals surface area contributed by atoms with Crippen molar-refractivity contribution in [2.24, 2.45) is 0 Å². The molecule has 0 unspecified atom stereocenters. The Morgan fingerprint density at radius 2 is 2.00 bits per heavy atom. The van der Waals surface area contributed by atoms with Gasteiger partial charge >= 0.3 is 18.2 Å². The molecule has 1 aromatic rings. The molecule has 1 rings (SSSR count). The summed E-state index contributed by atoms with van der Waals surface area (Å²) < 4.78 is 7.25. The quantitative estimate of drug-likeness (QED) is 0.734. The zero-order valence-electron chi connectivity index (χ0n) is 6.96. The van der Waals surface area contributed by atoms with Crippen molar-refractivity contribution in [2.45, 2.75) is 0 Å². The van der Waals surface area contributed by atoms with Gasteiger partial charge in [-0.25, -0.2) is 0 Å². The summed E-state index contributed by atoms with van der Waals surface area (Å²) in [5.74, 6) is 0.906. The highest BCUT2D eigenvalue weighted by Crippen LogP contribution is 2.11. The lowest BCUT2D eigenvalue weighted by molar-refractivity contribution is 0.415. The fraction of sp³-hybridized carbons (Fsp3) is 0.111. The molecule has 0 radical (unpaired) electrons. The predicted molar refractivity (Wildman–Crippen MR) is 56.7 cm³/mol. The van der Waals surface area contributed by atoms with Crippen molar-refractivity contribution in [2.75, 3.05) is 7.11 Å². The maximum absolute atomic E-state index is 5.05. The van der Waals surface area contributed by atoms with Gasteiger partial charge in [-0.05, 0) is 17.7 Å². The molecule has 0 N–H and O–H groups in total. The van der Waals surface area contributed by atoms with Crippen LogP contribution in [0.4, 0.5) is 0 Å². The van der Waals surface area contributed by atoms with Crippen LogP contribution in [0.3, 0.4) is 0 Å². The van der Waals surface area contributed by atoms with Crippen molar-refractivity contribution >= 4 is 37.2 Å². The fourth-order valence-corrected chi connectivity index (χ4v) is 1.82. The third kappa shape index (κ3) is 3.17. The van der Waals surface area contributed by atoms with E-state index in [0.717, 1.165) is 5.75 Å². The van der Waals surface area contributed by atoms with Gasteiger partial charge in [0.05, 0.1) is 7.11 Å². The van der Waals surface area contributed by atoms with Gasteiger partial charge in [-0.1, -0.05) is 18.2 Å². The SMILES string of the molecule is COc1ccc(/C=[CH]\[Mg][Br])cc1. The summed E-state index contributed by atoms with van der Waals surface area (Å²) in [4.78, 5) is 0. The Hall–Kier alpha value is 0.00623. The molecule has 3 heteroatoms.